The van der Waals surface area contributed by atoms with Crippen molar-refractivity contribution in [1.29, 1.82) is 5.26 Å². The average molecular weight is 310 g/mol. The largest absolute Gasteiger partial charge is 0.342 e. The van der Waals surface area contributed by atoms with Crippen molar-refractivity contribution in [2.45, 2.75) is 13.1 Å². The van der Waals surface area contributed by atoms with E-state index in [1.54, 1.807) is 11.3 Å². The SMILES string of the molecule is Cn1cc(CNCc2cc(Br)cs2)cc1C#N. The van der Waals surface area contributed by atoms with Crippen molar-refractivity contribution in [3.05, 3.63) is 44.3 Å². The molecule has 0 aliphatic heterocycles. The van der Waals surface area contributed by atoms with Gasteiger partial charge in [-0.1, -0.05) is 0 Å². The summed E-state index contributed by atoms with van der Waals surface area (Å²) in [5.74, 6) is 0. The Kier molecular flexibility index (Phi) is 4.00. The molecule has 3 nitrogen and oxygen atoms in total. The van der Waals surface area contributed by atoms with Crippen LogP contribution in [-0.2, 0) is 20.1 Å². The van der Waals surface area contributed by atoms with Crippen molar-refractivity contribution >= 4 is 27.3 Å². The van der Waals surface area contributed by atoms with Gasteiger partial charge in [0.2, 0.25) is 0 Å². The van der Waals surface area contributed by atoms with Crippen molar-refractivity contribution in [3.63, 3.8) is 0 Å². The molecule has 88 valence electrons. The zero-order valence-corrected chi connectivity index (χ0v) is 11.8. The molecule has 0 aliphatic carbocycles. The molecular formula is C12H12BrN3S. The molecule has 0 saturated carbocycles. The van der Waals surface area contributed by atoms with Gasteiger partial charge >= 0.3 is 0 Å². The van der Waals surface area contributed by atoms with Crippen LogP contribution in [0.3, 0.4) is 0 Å². The minimum Gasteiger partial charge on any atom is -0.342 e. The first-order valence-electron chi connectivity index (χ1n) is 5.18. The predicted octanol–water partition coefficient (Wildman–Crippen LogP) is 3.01. The Balaban J connectivity index is 1.88. The van der Waals surface area contributed by atoms with Crippen LogP contribution in [0.25, 0.3) is 0 Å². The fraction of sp³-hybridized carbons (Fsp3) is 0.250. The van der Waals surface area contributed by atoms with E-state index in [0.717, 1.165) is 23.1 Å². The molecule has 0 saturated heterocycles. The summed E-state index contributed by atoms with van der Waals surface area (Å²) in [6.07, 6.45) is 1.98. The van der Waals surface area contributed by atoms with Gasteiger partial charge in [0.15, 0.2) is 0 Å². The lowest BCUT2D eigenvalue weighted by Crippen LogP contribution is -2.11. The molecule has 5 heteroatoms. The maximum atomic E-state index is 8.84. The zero-order chi connectivity index (χ0) is 12.3. The number of nitrogens with one attached hydrogen (secondary N) is 1. The monoisotopic (exact) mass is 309 g/mol. The Morgan fingerprint density at radius 1 is 1.47 bits per heavy atom. The number of rotatable bonds is 4. The maximum absolute atomic E-state index is 8.84. The first-order valence-corrected chi connectivity index (χ1v) is 6.85. The molecule has 2 aromatic rings. The predicted molar refractivity (Wildman–Crippen MR) is 72.7 cm³/mol. The third-order valence-electron chi connectivity index (χ3n) is 2.43. The van der Waals surface area contributed by atoms with Crippen molar-refractivity contribution in [3.8, 4) is 6.07 Å². The first kappa shape index (κ1) is 12.4. The quantitative estimate of drug-likeness (QED) is 0.943. The molecule has 2 aromatic heterocycles. The van der Waals surface area contributed by atoms with E-state index in [4.69, 9.17) is 5.26 Å². The number of aromatic nitrogens is 1. The minimum absolute atomic E-state index is 0.695. The molecule has 0 fully saturated rings. The highest BCUT2D eigenvalue weighted by Gasteiger charge is 2.02. The van der Waals surface area contributed by atoms with Crippen LogP contribution < -0.4 is 5.32 Å². The number of nitrogens with zero attached hydrogens (tertiary/aromatic N) is 2. The molecule has 0 unspecified atom stereocenters. The van der Waals surface area contributed by atoms with Gasteiger partial charge in [-0.3, -0.25) is 0 Å². The fourth-order valence-electron chi connectivity index (χ4n) is 1.62. The van der Waals surface area contributed by atoms with Crippen LogP contribution in [0.15, 0.2) is 28.2 Å². The van der Waals surface area contributed by atoms with Crippen LogP contribution in [0.1, 0.15) is 16.1 Å². The summed E-state index contributed by atoms with van der Waals surface area (Å²) in [6, 6.07) is 6.19. The number of hydrogen-bond acceptors (Lipinski definition) is 3. The highest BCUT2D eigenvalue weighted by molar-refractivity contribution is 9.10. The summed E-state index contributed by atoms with van der Waals surface area (Å²) >= 11 is 5.17. The van der Waals surface area contributed by atoms with Gasteiger partial charge in [0.25, 0.3) is 0 Å². The summed E-state index contributed by atoms with van der Waals surface area (Å²) in [5.41, 5.74) is 1.83. The first-order chi connectivity index (χ1) is 8.19. The number of nitriles is 1. The molecular weight excluding hydrogens is 298 g/mol. The molecule has 0 aliphatic rings. The highest BCUT2D eigenvalue weighted by Crippen LogP contribution is 2.19. The van der Waals surface area contributed by atoms with Crippen molar-refractivity contribution in [1.82, 2.24) is 9.88 Å². The van der Waals surface area contributed by atoms with E-state index >= 15 is 0 Å². The molecule has 2 heterocycles. The third kappa shape index (κ3) is 3.19. The molecule has 1 N–H and O–H groups in total. The van der Waals surface area contributed by atoms with E-state index in [0.29, 0.717) is 5.69 Å². The van der Waals surface area contributed by atoms with Crippen LogP contribution in [0.4, 0.5) is 0 Å². The van der Waals surface area contributed by atoms with Crippen molar-refractivity contribution in [2.75, 3.05) is 0 Å². The van der Waals surface area contributed by atoms with Gasteiger partial charge in [-0.2, -0.15) is 5.26 Å². The normalized spacial score (nSPS) is 10.4. The minimum atomic E-state index is 0.695. The van der Waals surface area contributed by atoms with Crippen LogP contribution in [0, 0.1) is 11.3 Å². The summed E-state index contributed by atoms with van der Waals surface area (Å²) in [5, 5.41) is 14.3. The number of thiophene rings is 1. The maximum Gasteiger partial charge on any atom is 0.120 e. The van der Waals surface area contributed by atoms with E-state index in [9.17, 15) is 0 Å². The lowest BCUT2D eigenvalue weighted by Gasteiger charge is -2.00. The second kappa shape index (κ2) is 5.50. The summed E-state index contributed by atoms with van der Waals surface area (Å²) < 4.78 is 2.98. The molecule has 0 atom stereocenters. The molecule has 0 amide bonds. The Hall–Kier alpha value is -1.09. The molecule has 0 spiro atoms. The summed E-state index contributed by atoms with van der Waals surface area (Å²) in [7, 11) is 1.89. The Bertz CT molecular complexity index is 550. The Morgan fingerprint density at radius 3 is 2.88 bits per heavy atom. The number of hydrogen-bond donors (Lipinski definition) is 1. The van der Waals surface area contributed by atoms with Gasteiger partial charge < -0.3 is 9.88 Å². The van der Waals surface area contributed by atoms with E-state index in [1.807, 2.05) is 23.9 Å². The second-order valence-electron chi connectivity index (χ2n) is 3.79. The molecule has 0 aromatic carbocycles. The number of aryl methyl sites for hydroxylation is 1. The molecule has 0 radical (unpaired) electrons. The van der Waals surface area contributed by atoms with Gasteiger partial charge in [-0.25, -0.2) is 0 Å². The van der Waals surface area contributed by atoms with Crippen LogP contribution in [-0.4, -0.2) is 4.57 Å². The Morgan fingerprint density at radius 2 is 2.29 bits per heavy atom. The standard InChI is InChI=1S/C12H12BrN3S/c1-16-7-9(2-11(16)4-14)5-15-6-12-3-10(13)8-17-12/h2-3,7-8,15H,5-6H2,1H3. The Labute approximate surface area is 113 Å². The second-order valence-corrected chi connectivity index (χ2v) is 5.70. The van der Waals surface area contributed by atoms with Gasteiger partial charge in [-0.15, -0.1) is 11.3 Å². The fourth-order valence-corrected chi connectivity index (χ4v) is 3.04. The smallest absolute Gasteiger partial charge is 0.120 e. The number of halogens is 1. The van der Waals surface area contributed by atoms with E-state index in [1.165, 1.54) is 4.88 Å². The lowest BCUT2D eigenvalue weighted by molar-refractivity contribution is 0.699. The topological polar surface area (TPSA) is 40.8 Å². The summed E-state index contributed by atoms with van der Waals surface area (Å²) in [4.78, 5) is 1.30. The summed E-state index contributed by atoms with van der Waals surface area (Å²) in [6.45, 7) is 1.64. The third-order valence-corrected chi connectivity index (χ3v) is 4.12. The van der Waals surface area contributed by atoms with Crippen molar-refractivity contribution < 1.29 is 0 Å². The average Bonchev–Trinajstić information content (AvgIpc) is 2.85. The van der Waals surface area contributed by atoms with E-state index in [2.05, 4.69) is 38.8 Å². The van der Waals surface area contributed by atoms with E-state index < -0.39 is 0 Å². The zero-order valence-electron chi connectivity index (χ0n) is 9.40. The van der Waals surface area contributed by atoms with Crippen molar-refractivity contribution in [2.24, 2.45) is 7.05 Å². The van der Waals surface area contributed by atoms with E-state index in [-0.39, 0.29) is 0 Å². The van der Waals surface area contributed by atoms with Gasteiger partial charge in [-0.05, 0) is 33.6 Å². The van der Waals surface area contributed by atoms with Gasteiger partial charge in [0.1, 0.15) is 11.8 Å². The van der Waals surface area contributed by atoms with Crippen LogP contribution in [0.2, 0.25) is 0 Å². The van der Waals surface area contributed by atoms with Crippen LogP contribution in [0.5, 0.6) is 0 Å². The highest BCUT2D eigenvalue weighted by atomic mass is 79.9. The molecule has 17 heavy (non-hydrogen) atoms. The lowest BCUT2D eigenvalue weighted by atomic mass is 10.3. The van der Waals surface area contributed by atoms with Gasteiger partial charge in [0, 0.05) is 41.1 Å². The molecule has 2 rings (SSSR count). The molecule has 0 bridgehead atoms. The van der Waals surface area contributed by atoms with Gasteiger partial charge in [0.05, 0.1) is 0 Å². The van der Waals surface area contributed by atoms with Crippen LogP contribution >= 0.6 is 27.3 Å².